The van der Waals surface area contributed by atoms with Gasteiger partial charge in [0, 0.05) is 17.2 Å². The molecule has 2 aromatic rings. The molecule has 0 aliphatic carbocycles. The Morgan fingerprint density at radius 2 is 1.64 bits per heavy atom. The predicted molar refractivity (Wildman–Crippen MR) is 99.4 cm³/mol. The van der Waals surface area contributed by atoms with Crippen molar-refractivity contribution in [3.05, 3.63) is 59.4 Å². The van der Waals surface area contributed by atoms with Crippen molar-refractivity contribution in [1.82, 2.24) is 10.3 Å². The summed E-state index contributed by atoms with van der Waals surface area (Å²) in [6.07, 6.45) is 0. The second-order valence-electron chi connectivity index (χ2n) is 6.82. The summed E-state index contributed by atoms with van der Waals surface area (Å²) in [6.45, 7) is 9.65. The van der Waals surface area contributed by atoms with E-state index >= 15 is 0 Å². The molecule has 5 nitrogen and oxygen atoms in total. The average Bonchev–Trinajstić information content (AvgIpc) is 2.57. The summed E-state index contributed by atoms with van der Waals surface area (Å²) in [6, 6.07) is 13.2. The molecule has 2 rings (SSSR count). The van der Waals surface area contributed by atoms with Crippen LogP contribution in [0.15, 0.2) is 42.5 Å². The highest BCUT2D eigenvalue weighted by atomic mass is 16.2. The molecule has 0 unspecified atom stereocenters. The van der Waals surface area contributed by atoms with Crippen LogP contribution in [-0.2, 0) is 15.0 Å². The number of aromatic nitrogens is 1. The van der Waals surface area contributed by atoms with Crippen LogP contribution in [0.4, 0.5) is 5.69 Å². The Labute approximate surface area is 148 Å². The van der Waals surface area contributed by atoms with Crippen molar-refractivity contribution in [2.24, 2.45) is 0 Å². The van der Waals surface area contributed by atoms with E-state index in [1.54, 1.807) is 19.1 Å². The van der Waals surface area contributed by atoms with E-state index in [2.05, 4.69) is 15.6 Å². The van der Waals surface area contributed by atoms with Crippen molar-refractivity contribution in [3.63, 3.8) is 0 Å². The van der Waals surface area contributed by atoms with Crippen LogP contribution in [-0.4, -0.2) is 22.8 Å². The monoisotopic (exact) mass is 339 g/mol. The van der Waals surface area contributed by atoms with Crippen LogP contribution in [0.3, 0.4) is 0 Å². The van der Waals surface area contributed by atoms with E-state index in [9.17, 15) is 9.59 Å². The zero-order valence-electron chi connectivity index (χ0n) is 15.4. The summed E-state index contributed by atoms with van der Waals surface area (Å²) in [5.41, 5.74) is 2.87. The molecule has 0 saturated carbocycles. The lowest BCUT2D eigenvalue weighted by atomic mass is 9.78. The molecule has 0 aliphatic rings. The first-order chi connectivity index (χ1) is 11.7. The van der Waals surface area contributed by atoms with Crippen molar-refractivity contribution < 1.29 is 9.59 Å². The molecule has 1 aromatic heterocycles. The minimum atomic E-state index is -0.690. The van der Waals surface area contributed by atoms with Crippen LogP contribution >= 0.6 is 0 Å². The molecule has 1 heterocycles. The number of amides is 2. The molecule has 0 saturated heterocycles. The van der Waals surface area contributed by atoms with E-state index in [-0.39, 0.29) is 11.5 Å². The Kier molecular flexibility index (Phi) is 5.57. The number of rotatable bonds is 4. The number of hydrogen-bond donors (Lipinski definition) is 2. The van der Waals surface area contributed by atoms with Gasteiger partial charge in [0.25, 0.3) is 0 Å². The fourth-order valence-corrected chi connectivity index (χ4v) is 2.56. The van der Waals surface area contributed by atoms with Crippen LogP contribution in [0.1, 0.15) is 37.7 Å². The van der Waals surface area contributed by atoms with Gasteiger partial charge in [-0.1, -0.05) is 44.2 Å². The number of pyridine rings is 1. The molecule has 5 heteroatoms. The van der Waals surface area contributed by atoms with Crippen molar-refractivity contribution >= 4 is 17.5 Å². The lowest BCUT2D eigenvalue weighted by Crippen LogP contribution is -2.49. The molecule has 2 amide bonds. The lowest BCUT2D eigenvalue weighted by Gasteiger charge is -2.32. The smallest absolute Gasteiger partial charge is 0.313 e. The average molecular weight is 339 g/mol. The van der Waals surface area contributed by atoms with Gasteiger partial charge in [-0.25, -0.2) is 0 Å². The fraction of sp³-hybridized carbons (Fsp3) is 0.350. The highest BCUT2D eigenvalue weighted by Gasteiger charge is 2.30. The number of aryl methyl sites for hydroxylation is 2. The van der Waals surface area contributed by atoms with Gasteiger partial charge in [0.15, 0.2) is 0 Å². The van der Waals surface area contributed by atoms with E-state index in [4.69, 9.17) is 0 Å². The molecule has 0 bridgehead atoms. The first kappa shape index (κ1) is 18.6. The fourth-order valence-electron chi connectivity index (χ4n) is 2.56. The number of carbonyl (C=O) groups excluding carboxylic acids is 2. The van der Waals surface area contributed by atoms with Crippen LogP contribution in [0.5, 0.6) is 0 Å². The highest BCUT2D eigenvalue weighted by molar-refractivity contribution is 6.39. The van der Waals surface area contributed by atoms with Crippen molar-refractivity contribution in [2.75, 3.05) is 5.32 Å². The van der Waals surface area contributed by atoms with Gasteiger partial charge in [-0.3, -0.25) is 14.6 Å². The van der Waals surface area contributed by atoms with Gasteiger partial charge in [0.1, 0.15) is 0 Å². The standard InChI is InChI=1S/C20H25N3O2/c1-13-11-12-17(14(2)21-13)23-19(25)18(24)22-15(3)20(4,5)16-9-7-6-8-10-16/h6-12,15H,1-5H3,(H,22,24)(H,23,25)/t15-/m1/s1. The van der Waals surface area contributed by atoms with E-state index < -0.39 is 11.8 Å². The van der Waals surface area contributed by atoms with Gasteiger partial charge in [-0.2, -0.15) is 0 Å². The van der Waals surface area contributed by atoms with E-state index in [0.717, 1.165) is 11.3 Å². The van der Waals surface area contributed by atoms with Gasteiger partial charge in [-0.05, 0) is 38.5 Å². The first-order valence-electron chi connectivity index (χ1n) is 8.33. The van der Waals surface area contributed by atoms with Crippen LogP contribution < -0.4 is 10.6 Å². The number of nitrogens with one attached hydrogen (secondary N) is 2. The highest BCUT2D eigenvalue weighted by Crippen LogP contribution is 2.26. The van der Waals surface area contributed by atoms with Crippen LogP contribution in [0, 0.1) is 13.8 Å². The zero-order chi connectivity index (χ0) is 18.6. The van der Waals surface area contributed by atoms with Gasteiger partial charge < -0.3 is 10.6 Å². The van der Waals surface area contributed by atoms with E-state index in [0.29, 0.717) is 11.4 Å². The van der Waals surface area contributed by atoms with E-state index in [1.807, 2.05) is 58.0 Å². The Morgan fingerprint density at radius 3 is 2.24 bits per heavy atom. The summed E-state index contributed by atoms with van der Waals surface area (Å²) in [5, 5.41) is 5.42. The van der Waals surface area contributed by atoms with Gasteiger partial charge in [0.05, 0.1) is 11.4 Å². The maximum absolute atomic E-state index is 12.3. The SMILES string of the molecule is Cc1ccc(NC(=O)C(=O)N[C@H](C)C(C)(C)c2ccccc2)c(C)n1. The Bertz CT molecular complexity index is 770. The quantitative estimate of drug-likeness (QED) is 0.841. The molecule has 1 atom stereocenters. The number of anilines is 1. The molecule has 1 aromatic carbocycles. The van der Waals surface area contributed by atoms with Crippen LogP contribution in [0.2, 0.25) is 0 Å². The molecule has 0 aliphatic heterocycles. The maximum atomic E-state index is 12.3. The summed E-state index contributed by atoms with van der Waals surface area (Å²) in [5.74, 6) is -1.35. The Hall–Kier alpha value is -2.69. The molecule has 132 valence electrons. The molecule has 0 radical (unpaired) electrons. The largest absolute Gasteiger partial charge is 0.344 e. The number of benzene rings is 1. The molecule has 25 heavy (non-hydrogen) atoms. The van der Waals surface area contributed by atoms with Crippen molar-refractivity contribution in [1.29, 1.82) is 0 Å². The Balaban J connectivity index is 2.04. The van der Waals surface area contributed by atoms with E-state index in [1.165, 1.54) is 0 Å². The molecular formula is C20H25N3O2. The van der Waals surface area contributed by atoms with Crippen molar-refractivity contribution in [3.8, 4) is 0 Å². The molecule has 0 spiro atoms. The first-order valence-corrected chi connectivity index (χ1v) is 8.33. The zero-order valence-corrected chi connectivity index (χ0v) is 15.4. The lowest BCUT2D eigenvalue weighted by molar-refractivity contribution is -0.136. The van der Waals surface area contributed by atoms with Gasteiger partial charge in [-0.15, -0.1) is 0 Å². The van der Waals surface area contributed by atoms with Gasteiger partial charge >= 0.3 is 11.8 Å². The van der Waals surface area contributed by atoms with Crippen molar-refractivity contribution in [2.45, 2.75) is 46.1 Å². The second kappa shape index (κ2) is 7.47. The third-order valence-corrected chi connectivity index (χ3v) is 4.63. The minimum absolute atomic E-state index is 0.217. The normalized spacial score (nSPS) is 12.4. The summed E-state index contributed by atoms with van der Waals surface area (Å²) in [7, 11) is 0. The summed E-state index contributed by atoms with van der Waals surface area (Å²) in [4.78, 5) is 28.7. The third kappa shape index (κ3) is 4.44. The predicted octanol–water partition coefficient (Wildman–Crippen LogP) is 3.12. The molecule has 2 N–H and O–H groups in total. The third-order valence-electron chi connectivity index (χ3n) is 4.63. The number of nitrogens with zero attached hydrogens (tertiary/aromatic N) is 1. The number of carbonyl (C=O) groups is 2. The summed E-state index contributed by atoms with van der Waals surface area (Å²) >= 11 is 0. The molecule has 0 fully saturated rings. The number of hydrogen-bond acceptors (Lipinski definition) is 3. The molecular weight excluding hydrogens is 314 g/mol. The minimum Gasteiger partial charge on any atom is -0.344 e. The summed E-state index contributed by atoms with van der Waals surface area (Å²) < 4.78 is 0. The Morgan fingerprint density at radius 1 is 1.00 bits per heavy atom. The van der Waals surface area contributed by atoms with Crippen LogP contribution in [0.25, 0.3) is 0 Å². The van der Waals surface area contributed by atoms with Gasteiger partial charge in [0.2, 0.25) is 0 Å². The topological polar surface area (TPSA) is 71.1 Å². The maximum Gasteiger partial charge on any atom is 0.313 e. The second-order valence-corrected chi connectivity index (χ2v) is 6.82.